The first-order chi connectivity index (χ1) is 8.19. The van der Waals surface area contributed by atoms with Crippen LogP contribution in [0.25, 0.3) is 0 Å². The van der Waals surface area contributed by atoms with Gasteiger partial charge < -0.3 is 10.6 Å². The molecule has 2 heterocycles. The van der Waals surface area contributed by atoms with Crippen LogP contribution in [0.2, 0.25) is 0 Å². The fraction of sp³-hybridized carbons (Fsp3) is 0.667. The number of nitrogens with zero attached hydrogens (tertiary/aromatic N) is 3. The van der Waals surface area contributed by atoms with Crippen molar-refractivity contribution in [2.45, 2.75) is 45.3 Å². The molecule has 2 N–H and O–H groups in total. The van der Waals surface area contributed by atoms with E-state index < -0.39 is 0 Å². The molecule has 5 heteroatoms. The molecule has 0 spiro atoms. The van der Waals surface area contributed by atoms with Crippen molar-refractivity contribution in [2.24, 2.45) is 5.73 Å². The summed E-state index contributed by atoms with van der Waals surface area (Å²) in [6.07, 6.45) is 3.17. The summed E-state index contributed by atoms with van der Waals surface area (Å²) in [4.78, 5) is 13.8. The van der Waals surface area contributed by atoms with Crippen molar-refractivity contribution in [1.29, 1.82) is 0 Å². The van der Waals surface area contributed by atoms with Gasteiger partial charge in [0.2, 0.25) is 5.91 Å². The van der Waals surface area contributed by atoms with Crippen LogP contribution in [0, 0.1) is 0 Å². The normalized spacial score (nSPS) is 24.6. The van der Waals surface area contributed by atoms with E-state index in [-0.39, 0.29) is 18.0 Å². The zero-order chi connectivity index (χ0) is 12.4. The van der Waals surface area contributed by atoms with E-state index in [2.05, 4.69) is 12.0 Å². The average Bonchev–Trinajstić information content (AvgIpc) is 2.85. The molecule has 2 unspecified atom stereocenters. The highest BCUT2D eigenvalue weighted by Gasteiger charge is 2.39. The number of aromatic nitrogens is 2. The maximum atomic E-state index is 11.9. The third-order valence-corrected chi connectivity index (χ3v) is 3.29. The number of amides is 1. The Labute approximate surface area is 102 Å². The summed E-state index contributed by atoms with van der Waals surface area (Å²) in [7, 11) is 0. The van der Waals surface area contributed by atoms with Gasteiger partial charge in [-0.15, -0.1) is 0 Å². The van der Waals surface area contributed by atoms with Gasteiger partial charge in [-0.05, 0) is 19.4 Å². The number of hydrogen-bond donors (Lipinski definition) is 1. The fourth-order valence-corrected chi connectivity index (χ4v) is 2.56. The lowest BCUT2D eigenvalue weighted by Gasteiger charge is -2.27. The predicted octanol–water partition coefficient (Wildman–Crippen LogP) is 0.914. The zero-order valence-electron chi connectivity index (χ0n) is 10.5. The number of rotatable bonds is 4. The van der Waals surface area contributed by atoms with Crippen LogP contribution >= 0.6 is 0 Å². The molecule has 94 valence electrons. The highest BCUT2D eigenvalue weighted by Crippen LogP contribution is 2.31. The van der Waals surface area contributed by atoms with Gasteiger partial charge in [0.05, 0.1) is 11.7 Å². The number of likely N-dealkylation sites (tertiary alicyclic amines) is 1. The van der Waals surface area contributed by atoms with Gasteiger partial charge in [0, 0.05) is 31.7 Å². The molecule has 0 bridgehead atoms. The monoisotopic (exact) mass is 236 g/mol. The lowest BCUT2D eigenvalue weighted by molar-refractivity contribution is -0.129. The van der Waals surface area contributed by atoms with Gasteiger partial charge in [-0.1, -0.05) is 6.92 Å². The second-order valence-electron chi connectivity index (χ2n) is 4.47. The maximum absolute atomic E-state index is 11.9. The minimum absolute atomic E-state index is 0.00935. The van der Waals surface area contributed by atoms with Gasteiger partial charge in [-0.25, -0.2) is 0 Å². The van der Waals surface area contributed by atoms with Crippen LogP contribution in [-0.4, -0.2) is 33.2 Å². The molecule has 1 aromatic rings. The Morgan fingerprint density at radius 2 is 2.29 bits per heavy atom. The molecule has 17 heavy (non-hydrogen) atoms. The summed E-state index contributed by atoms with van der Waals surface area (Å²) in [5.41, 5.74) is 7.16. The van der Waals surface area contributed by atoms with E-state index >= 15 is 0 Å². The van der Waals surface area contributed by atoms with Crippen LogP contribution in [0.1, 0.15) is 38.4 Å². The van der Waals surface area contributed by atoms with Gasteiger partial charge in [-0.2, -0.15) is 5.10 Å². The van der Waals surface area contributed by atoms with Gasteiger partial charge in [0.15, 0.2) is 0 Å². The van der Waals surface area contributed by atoms with Crippen LogP contribution in [0.15, 0.2) is 12.3 Å². The van der Waals surface area contributed by atoms with E-state index in [9.17, 15) is 4.79 Å². The van der Waals surface area contributed by atoms with Crippen LogP contribution < -0.4 is 5.73 Å². The van der Waals surface area contributed by atoms with Gasteiger partial charge in [0.25, 0.3) is 0 Å². The number of carbonyl (C=O) groups excluding carboxylic acids is 1. The van der Waals surface area contributed by atoms with Crippen LogP contribution in [-0.2, 0) is 11.3 Å². The van der Waals surface area contributed by atoms with Crippen molar-refractivity contribution in [3.8, 4) is 0 Å². The third-order valence-electron chi connectivity index (χ3n) is 3.29. The van der Waals surface area contributed by atoms with Crippen LogP contribution in [0.3, 0.4) is 0 Å². The summed E-state index contributed by atoms with van der Waals surface area (Å²) in [6, 6.07) is 1.84. The Hall–Kier alpha value is -1.36. The molecule has 2 atom stereocenters. The quantitative estimate of drug-likeness (QED) is 0.845. The Kier molecular flexibility index (Phi) is 3.47. The van der Waals surface area contributed by atoms with Crippen molar-refractivity contribution in [3.63, 3.8) is 0 Å². The topological polar surface area (TPSA) is 64.2 Å². The summed E-state index contributed by atoms with van der Waals surface area (Å²) in [6.45, 7) is 5.69. The lowest BCUT2D eigenvalue weighted by atomic mass is 10.1. The number of hydrogen-bond acceptors (Lipinski definition) is 3. The molecular formula is C12H20N4O. The second kappa shape index (κ2) is 4.87. The van der Waals surface area contributed by atoms with E-state index in [1.165, 1.54) is 0 Å². The number of aryl methyl sites for hydroxylation is 1. The molecule has 0 aromatic carbocycles. The smallest absolute Gasteiger partial charge is 0.224 e. The standard InChI is InChI=1S/C12H20N4O/c1-3-7-15-11(17)8-9(13)12(15)10-5-6-14-16(10)4-2/h5-6,9,12H,3-4,7-8,13H2,1-2H3. The van der Waals surface area contributed by atoms with Crippen molar-refractivity contribution >= 4 is 5.91 Å². The van der Waals surface area contributed by atoms with Gasteiger partial charge in [0.1, 0.15) is 0 Å². The Bertz CT molecular complexity index is 401. The van der Waals surface area contributed by atoms with E-state index in [0.29, 0.717) is 6.42 Å². The molecule has 0 radical (unpaired) electrons. The van der Waals surface area contributed by atoms with Crippen molar-refractivity contribution in [2.75, 3.05) is 6.54 Å². The largest absolute Gasteiger partial charge is 0.332 e. The summed E-state index contributed by atoms with van der Waals surface area (Å²) in [5, 5.41) is 4.26. The lowest BCUT2D eigenvalue weighted by Crippen LogP contribution is -2.35. The third kappa shape index (κ3) is 2.07. The van der Waals surface area contributed by atoms with E-state index in [1.54, 1.807) is 6.20 Å². The first-order valence-corrected chi connectivity index (χ1v) is 6.25. The molecule has 1 aliphatic rings. The van der Waals surface area contributed by atoms with Crippen molar-refractivity contribution in [1.82, 2.24) is 14.7 Å². The van der Waals surface area contributed by atoms with E-state index in [0.717, 1.165) is 25.2 Å². The van der Waals surface area contributed by atoms with Crippen LogP contribution in [0.4, 0.5) is 0 Å². The fourth-order valence-electron chi connectivity index (χ4n) is 2.56. The zero-order valence-corrected chi connectivity index (χ0v) is 10.5. The molecule has 1 amide bonds. The summed E-state index contributed by atoms with van der Waals surface area (Å²) >= 11 is 0. The molecule has 2 rings (SSSR count). The Morgan fingerprint density at radius 3 is 2.94 bits per heavy atom. The molecule has 1 fully saturated rings. The highest BCUT2D eigenvalue weighted by molar-refractivity contribution is 5.80. The molecule has 1 aromatic heterocycles. The van der Waals surface area contributed by atoms with E-state index in [1.807, 2.05) is 22.6 Å². The van der Waals surface area contributed by atoms with Crippen molar-refractivity contribution in [3.05, 3.63) is 18.0 Å². The predicted molar refractivity (Wildman–Crippen MR) is 65.2 cm³/mol. The molecule has 0 aliphatic carbocycles. The maximum Gasteiger partial charge on any atom is 0.224 e. The highest BCUT2D eigenvalue weighted by atomic mass is 16.2. The first-order valence-electron chi connectivity index (χ1n) is 6.25. The Morgan fingerprint density at radius 1 is 1.53 bits per heavy atom. The molecule has 1 aliphatic heterocycles. The minimum Gasteiger partial charge on any atom is -0.332 e. The second-order valence-corrected chi connectivity index (χ2v) is 4.47. The van der Waals surface area contributed by atoms with Crippen LogP contribution in [0.5, 0.6) is 0 Å². The minimum atomic E-state index is -0.115. The SMILES string of the molecule is CCCN1C(=O)CC(N)C1c1ccnn1CC. The molecule has 0 saturated carbocycles. The number of carbonyl (C=O) groups is 1. The van der Waals surface area contributed by atoms with Gasteiger partial charge in [-0.3, -0.25) is 9.48 Å². The van der Waals surface area contributed by atoms with Crippen molar-refractivity contribution < 1.29 is 4.79 Å². The molecular weight excluding hydrogens is 216 g/mol. The van der Waals surface area contributed by atoms with Gasteiger partial charge >= 0.3 is 0 Å². The molecule has 1 saturated heterocycles. The first kappa shape index (κ1) is 12.1. The molecule has 5 nitrogen and oxygen atoms in total. The summed E-state index contributed by atoms with van der Waals surface area (Å²) < 4.78 is 1.92. The Balaban J connectivity index is 2.31. The van der Waals surface area contributed by atoms with E-state index in [4.69, 9.17) is 5.73 Å². The average molecular weight is 236 g/mol. The summed E-state index contributed by atoms with van der Waals surface area (Å²) in [5.74, 6) is 0.160. The number of nitrogens with two attached hydrogens (primary N) is 1.